The molecular weight excluding hydrogens is 464 g/mol. The Morgan fingerprint density at radius 1 is 1.06 bits per heavy atom. The summed E-state index contributed by atoms with van der Waals surface area (Å²) in [5.41, 5.74) is 3.70. The van der Waals surface area contributed by atoms with Crippen molar-refractivity contribution >= 4 is 23.5 Å². The number of ketones is 1. The lowest BCUT2D eigenvalue weighted by molar-refractivity contribution is -0.116. The van der Waals surface area contributed by atoms with E-state index in [0.29, 0.717) is 36.5 Å². The van der Waals surface area contributed by atoms with Crippen molar-refractivity contribution in [3.8, 4) is 17.2 Å². The van der Waals surface area contributed by atoms with Gasteiger partial charge in [-0.3, -0.25) is 4.79 Å². The summed E-state index contributed by atoms with van der Waals surface area (Å²) in [5.74, 6) is 3.08. The van der Waals surface area contributed by atoms with Crippen molar-refractivity contribution in [2.24, 2.45) is 0 Å². The van der Waals surface area contributed by atoms with Crippen molar-refractivity contribution in [3.63, 3.8) is 0 Å². The molecule has 1 N–H and O–H groups in total. The molecule has 35 heavy (non-hydrogen) atoms. The average Bonchev–Trinajstić information content (AvgIpc) is 3.15. The van der Waals surface area contributed by atoms with E-state index in [1.807, 2.05) is 53.4 Å². The number of nitrogens with zero attached hydrogens (tertiary/aromatic N) is 3. The normalized spacial score (nSPS) is 21.0. The molecule has 2 aromatic carbocycles. The maximum atomic E-state index is 13.7. The standard InChI is InChI=1S/C26H26N4O4S/c1-32-18-7-4-15(5-8-18)17-12-19-23(20(31)13-17)24(30-25(27-19)28-26(29-30)35-2)16-6-9-21-22(14-16)34-11-3-10-33-21/h4-9,14,17,24H,3,10-13H2,1-2H3,(H,27,28,29). The van der Waals surface area contributed by atoms with Gasteiger partial charge in [-0.15, -0.1) is 5.10 Å². The third-order valence-corrected chi connectivity index (χ3v) is 7.30. The number of rotatable bonds is 4. The summed E-state index contributed by atoms with van der Waals surface area (Å²) in [5, 5.41) is 8.80. The number of hydrogen-bond donors (Lipinski definition) is 1. The van der Waals surface area contributed by atoms with Crippen molar-refractivity contribution in [1.29, 1.82) is 0 Å². The zero-order chi connectivity index (χ0) is 23.9. The first-order valence-electron chi connectivity index (χ1n) is 11.7. The van der Waals surface area contributed by atoms with E-state index in [1.165, 1.54) is 11.8 Å². The molecule has 3 aliphatic rings. The van der Waals surface area contributed by atoms with Gasteiger partial charge in [0.25, 0.3) is 0 Å². The molecule has 2 unspecified atom stereocenters. The second-order valence-electron chi connectivity index (χ2n) is 8.84. The lowest BCUT2D eigenvalue weighted by atomic mass is 9.78. The SMILES string of the molecule is COc1ccc(C2CC(=O)C3=C(C2)Nc2nc(SC)nn2C3c2ccc3c(c2)OCCCO3)cc1. The van der Waals surface area contributed by atoms with Crippen LogP contribution >= 0.6 is 11.8 Å². The van der Waals surface area contributed by atoms with Gasteiger partial charge in [-0.25, -0.2) is 4.68 Å². The number of Topliss-reactive ketones (excluding diaryl/α,β-unsaturated/α-hetero) is 1. The topological polar surface area (TPSA) is 87.5 Å². The molecule has 6 rings (SSSR count). The van der Waals surface area contributed by atoms with Crippen LogP contribution in [0, 0.1) is 0 Å². The molecule has 2 aliphatic heterocycles. The maximum absolute atomic E-state index is 13.7. The Bertz CT molecular complexity index is 1320. The van der Waals surface area contributed by atoms with Gasteiger partial charge in [0.2, 0.25) is 11.1 Å². The first-order chi connectivity index (χ1) is 17.1. The highest BCUT2D eigenvalue weighted by Crippen LogP contribution is 2.46. The molecule has 0 amide bonds. The molecule has 3 aromatic rings. The monoisotopic (exact) mass is 490 g/mol. The van der Waals surface area contributed by atoms with Crippen molar-refractivity contribution < 1.29 is 19.0 Å². The predicted molar refractivity (Wildman–Crippen MR) is 133 cm³/mol. The van der Waals surface area contributed by atoms with Crippen LogP contribution in [-0.4, -0.2) is 47.1 Å². The van der Waals surface area contributed by atoms with E-state index in [4.69, 9.17) is 19.3 Å². The van der Waals surface area contributed by atoms with Crippen LogP contribution in [0.4, 0.5) is 5.95 Å². The number of methoxy groups -OCH3 is 1. The summed E-state index contributed by atoms with van der Waals surface area (Å²) in [7, 11) is 1.65. The number of nitrogens with one attached hydrogen (secondary N) is 1. The van der Waals surface area contributed by atoms with E-state index in [-0.39, 0.29) is 17.7 Å². The van der Waals surface area contributed by atoms with Gasteiger partial charge in [0, 0.05) is 24.1 Å². The van der Waals surface area contributed by atoms with Gasteiger partial charge in [0.05, 0.1) is 20.3 Å². The highest BCUT2D eigenvalue weighted by Gasteiger charge is 2.40. The summed E-state index contributed by atoms with van der Waals surface area (Å²) in [4.78, 5) is 18.4. The summed E-state index contributed by atoms with van der Waals surface area (Å²) in [6, 6.07) is 13.5. The van der Waals surface area contributed by atoms with Crippen LogP contribution < -0.4 is 19.5 Å². The zero-order valence-electron chi connectivity index (χ0n) is 19.6. The minimum atomic E-state index is -0.379. The number of benzene rings is 2. The van der Waals surface area contributed by atoms with E-state index in [1.54, 1.807) is 7.11 Å². The molecule has 0 bridgehead atoms. The Labute approximate surface area is 207 Å². The van der Waals surface area contributed by atoms with Gasteiger partial charge in [0.1, 0.15) is 11.8 Å². The van der Waals surface area contributed by atoms with Crippen LogP contribution in [0.2, 0.25) is 0 Å². The fraction of sp³-hybridized carbons (Fsp3) is 0.346. The van der Waals surface area contributed by atoms with Gasteiger partial charge >= 0.3 is 0 Å². The lowest BCUT2D eigenvalue weighted by Gasteiger charge is -2.35. The van der Waals surface area contributed by atoms with Crippen LogP contribution in [0.25, 0.3) is 0 Å². The van der Waals surface area contributed by atoms with Gasteiger partial charge in [-0.2, -0.15) is 4.98 Å². The smallest absolute Gasteiger partial charge is 0.227 e. The van der Waals surface area contributed by atoms with E-state index >= 15 is 0 Å². The Balaban J connectivity index is 1.42. The van der Waals surface area contributed by atoms with E-state index in [0.717, 1.165) is 46.7 Å². The van der Waals surface area contributed by atoms with Crippen molar-refractivity contribution in [2.45, 2.75) is 36.4 Å². The molecule has 9 heteroatoms. The van der Waals surface area contributed by atoms with Crippen LogP contribution in [0.5, 0.6) is 17.2 Å². The molecule has 0 radical (unpaired) electrons. The number of aromatic nitrogens is 3. The van der Waals surface area contributed by atoms with Gasteiger partial charge < -0.3 is 19.5 Å². The quantitative estimate of drug-likeness (QED) is 0.532. The molecule has 0 saturated heterocycles. The second-order valence-corrected chi connectivity index (χ2v) is 9.62. The molecule has 1 aromatic heterocycles. The fourth-order valence-electron chi connectivity index (χ4n) is 5.05. The van der Waals surface area contributed by atoms with Crippen molar-refractivity contribution in [1.82, 2.24) is 14.8 Å². The van der Waals surface area contributed by atoms with E-state index in [9.17, 15) is 4.79 Å². The predicted octanol–water partition coefficient (Wildman–Crippen LogP) is 4.59. The molecule has 180 valence electrons. The minimum Gasteiger partial charge on any atom is -0.497 e. The fourth-order valence-corrected chi connectivity index (χ4v) is 5.40. The number of anilines is 1. The molecule has 3 heterocycles. The number of fused-ring (bicyclic) bond motifs is 2. The summed E-state index contributed by atoms with van der Waals surface area (Å²) >= 11 is 1.48. The number of hydrogen-bond acceptors (Lipinski definition) is 8. The molecular formula is C26H26N4O4S. The Morgan fingerprint density at radius 3 is 2.60 bits per heavy atom. The number of carbonyl (C=O) groups is 1. The average molecular weight is 491 g/mol. The van der Waals surface area contributed by atoms with Gasteiger partial charge in [0.15, 0.2) is 17.3 Å². The van der Waals surface area contributed by atoms with Gasteiger partial charge in [-0.05, 0) is 54.0 Å². The first kappa shape index (κ1) is 22.0. The van der Waals surface area contributed by atoms with Crippen LogP contribution in [0.15, 0.2) is 58.9 Å². The third kappa shape index (κ3) is 3.93. The number of ether oxygens (including phenoxy) is 3. The zero-order valence-corrected chi connectivity index (χ0v) is 20.4. The molecule has 0 fully saturated rings. The Morgan fingerprint density at radius 2 is 1.83 bits per heavy atom. The van der Waals surface area contributed by atoms with E-state index in [2.05, 4.69) is 10.3 Å². The van der Waals surface area contributed by atoms with Crippen LogP contribution in [0.3, 0.4) is 0 Å². The van der Waals surface area contributed by atoms with E-state index < -0.39 is 0 Å². The molecule has 2 atom stereocenters. The summed E-state index contributed by atoms with van der Waals surface area (Å²) in [6.45, 7) is 1.23. The van der Waals surface area contributed by atoms with Crippen LogP contribution in [0.1, 0.15) is 42.3 Å². The molecule has 8 nitrogen and oxygen atoms in total. The highest BCUT2D eigenvalue weighted by atomic mass is 32.2. The molecule has 1 aliphatic carbocycles. The largest absolute Gasteiger partial charge is 0.497 e. The third-order valence-electron chi connectivity index (χ3n) is 6.76. The lowest BCUT2D eigenvalue weighted by Crippen LogP contribution is -2.33. The summed E-state index contributed by atoms with van der Waals surface area (Å²) < 4.78 is 18.9. The summed E-state index contributed by atoms with van der Waals surface area (Å²) in [6.07, 6.45) is 3.94. The minimum absolute atomic E-state index is 0.0820. The maximum Gasteiger partial charge on any atom is 0.227 e. The highest BCUT2D eigenvalue weighted by molar-refractivity contribution is 7.98. The number of allylic oxidation sites excluding steroid dienone is 2. The number of carbonyl (C=O) groups excluding carboxylic acids is 1. The second kappa shape index (κ2) is 8.96. The molecule has 0 saturated carbocycles. The Hall–Kier alpha value is -3.46. The first-order valence-corrected chi connectivity index (χ1v) is 12.9. The van der Waals surface area contributed by atoms with Crippen molar-refractivity contribution in [2.75, 3.05) is 31.9 Å². The van der Waals surface area contributed by atoms with Crippen LogP contribution in [-0.2, 0) is 4.79 Å². The molecule has 0 spiro atoms. The Kier molecular flexibility index (Phi) is 5.64. The number of thioether (sulfide) groups is 1. The van der Waals surface area contributed by atoms with Gasteiger partial charge in [-0.1, -0.05) is 30.0 Å². The van der Waals surface area contributed by atoms with Crippen molar-refractivity contribution in [3.05, 3.63) is 64.9 Å².